The summed E-state index contributed by atoms with van der Waals surface area (Å²) < 4.78 is 17.6. The van der Waals surface area contributed by atoms with Gasteiger partial charge in [-0.25, -0.2) is 9.18 Å². The summed E-state index contributed by atoms with van der Waals surface area (Å²) in [6.07, 6.45) is 2.05. The maximum atomic E-state index is 12.4. The Morgan fingerprint density at radius 2 is 1.95 bits per heavy atom. The molecule has 1 fully saturated rings. The van der Waals surface area contributed by atoms with Crippen molar-refractivity contribution in [3.63, 3.8) is 0 Å². The normalized spacial score (nSPS) is 13.9. The molecule has 0 saturated carbocycles. The number of amides is 1. The minimum atomic E-state index is -0.765. The summed E-state index contributed by atoms with van der Waals surface area (Å²) in [5.41, 5.74) is -0.157. The van der Waals surface area contributed by atoms with Gasteiger partial charge in [-0.1, -0.05) is 0 Å². The minimum absolute atomic E-state index is 0.167. The van der Waals surface area contributed by atoms with Crippen molar-refractivity contribution in [1.29, 1.82) is 5.26 Å². The number of carbonyl (C=O) groups excluding carboxylic acids is 1. The van der Waals surface area contributed by atoms with E-state index in [9.17, 15) is 9.18 Å². The number of halogens is 1. The van der Waals surface area contributed by atoms with Crippen molar-refractivity contribution in [1.82, 2.24) is 4.90 Å². The van der Waals surface area contributed by atoms with Crippen LogP contribution in [0.5, 0.6) is 5.75 Å². The van der Waals surface area contributed by atoms with Crippen molar-refractivity contribution in [2.75, 3.05) is 13.1 Å². The molecule has 2 rings (SSSR count). The molecule has 1 aliphatic rings. The lowest BCUT2D eigenvalue weighted by Crippen LogP contribution is -2.34. The molecule has 120 valence electrons. The van der Waals surface area contributed by atoms with E-state index in [-0.39, 0.29) is 17.3 Å². The minimum Gasteiger partial charge on any atom is -0.505 e. The summed E-state index contributed by atoms with van der Waals surface area (Å²) in [7, 11) is 0. The first-order chi connectivity index (χ1) is 10.2. The van der Waals surface area contributed by atoms with Crippen molar-refractivity contribution in [3.8, 4) is 11.8 Å². The van der Waals surface area contributed by atoms with E-state index < -0.39 is 11.6 Å². The van der Waals surface area contributed by atoms with Crippen molar-refractivity contribution < 1.29 is 19.0 Å². The Kier molecular flexibility index (Phi) is 6.17. The number of phenolic OH excluding ortho intramolecular Hbond substituents is 1. The van der Waals surface area contributed by atoms with Gasteiger partial charge in [-0.2, -0.15) is 5.26 Å². The highest BCUT2D eigenvalue weighted by Crippen LogP contribution is 2.15. The smallest absolute Gasteiger partial charge is 0.410 e. The first-order valence-electron chi connectivity index (χ1n) is 7.09. The van der Waals surface area contributed by atoms with Gasteiger partial charge in [-0.15, -0.1) is 0 Å². The third kappa shape index (κ3) is 6.00. The lowest BCUT2D eigenvalue weighted by molar-refractivity contribution is 0.0295. The monoisotopic (exact) mass is 308 g/mol. The van der Waals surface area contributed by atoms with E-state index in [1.807, 2.05) is 20.8 Å². The van der Waals surface area contributed by atoms with Crippen LogP contribution >= 0.6 is 0 Å². The number of phenols is 1. The maximum Gasteiger partial charge on any atom is 0.410 e. The standard InChI is InChI=1S/C9H17NO2.C7H4FNO/c1-9(2,3)12-8(11)10-6-4-5-7-10;8-6-3-5(4-9)1-2-7(6)10/h4-7H2,1-3H3;1-3,10H. The number of benzene rings is 1. The summed E-state index contributed by atoms with van der Waals surface area (Å²) in [6.45, 7) is 7.38. The van der Waals surface area contributed by atoms with Gasteiger partial charge in [0.05, 0.1) is 11.6 Å². The Hall–Kier alpha value is -2.29. The predicted octanol–water partition coefficient (Wildman–Crippen LogP) is 3.42. The van der Waals surface area contributed by atoms with Crippen molar-refractivity contribution in [2.45, 2.75) is 39.2 Å². The van der Waals surface area contributed by atoms with Gasteiger partial charge in [0.25, 0.3) is 0 Å². The molecular weight excluding hydrogens is 287 g/mol. The molecule has 1 heterocycles. The molecule has 1 aromatic carbocycles. The molecule has 0 bridgehead atoms. The SMILES string of the molecule is CC(C)(C)OC(=O)N1CCCC1.N#Cc1ccc(O)c(F)c1. The molecule has 1 aromatic rings. The number of carbonyl (C=O) groups is 1. The zero-order valence-corrected chi connectivity index (χ0v) is 13.1. The quantitative estimate of drug-likeness (QED) is 0.797. The van der Waals surface area contributed by atoms with Gasteiger partial charge in [-0.05, 0) is 51.8 Å². The van der Waals surface area contributed by atoms with E-state index in [4.69, 9.17) is 15.1 Å². The van der Waals surface area contributed by atoms with Crippen molar-refractivity contribution in [2.24, 2.45) is 0 Å². The van der Waals surface area contributed by atoms with E-state index in [1.54, 1.807) is 11.0 Å². The number of hydrogen-bond acceptors (Lipinski definition) is 4. The number of ether oxygens (including phenoxy) is 1. The number of likely N-dealkylation sites (tertiary alicyclic amines) is 1. The van der Waals surface area contributed by atoms with E-state index in [0.29, 0.717) is 0 Å². The van der Waals surface area contributed by atoms with Crippen LogP contribution in [0.3, 0.4) is 0 Å². The number of aromatic hydroxyl groups is 1. The number of nitriles is 1. The second-order valence-electron chi connectivity index (χ2n) is 5.95. The molecule has 1 amide bonds. The second-order valence-corrected chi connectivity index (χ2v) is 5.95. The molecule has 0 aliphatic carbocycles. The topological polar surface area (TPSA) is 73.6 Å². The van der Waals surface area contributed by atoms with Crippen LogP contribution in [-0.2, 0) is 4.74 Å². The Morgan fingerprint density at radius 3 is 2.41 bits per heavy atom. The summed E-state index contributed by atoms with van der Waals surface area (Å²) in [5.74, 6) is -1.20. The largest absolute Gasteiger partial charge is 0.505 e. The maximum absolute atomic E-state index is 12.4. The van der Waals surface area contributed by atoms with Gasteiger partial charge < -0.3 is 14.7 Å². The van der Waals surface area contributed by atoms with Gasteiger partial charge in [-0.3, -0.25) is 0 Å². The molecule has 1 N–H and O–H groups in total. The third-order valence-corrected chi connectivity index (χ3v) is 2.83. The van der Waals surface area contributed by atoms with Crippen LogP contribution in [0.25, 0.3) is 0 Å². The molecule has 5 nitrogen and oxygen atoms in total. The van der Waals surface area contributed by atoms with Gasteiger partial charge >= 0.3 is 6.09 Å². The van der Waals surface area contributed by atoms with Crippen LogP contribution in [0.4, 0.5) is 9.18 Å². The molecule has 0 radical (unpaired) electrons. The third-order valence-electron chi connectivity index (χ3n) is 2.83. The molecule has 0 aromatic heterocycles. The van der Waals surface area contributed by atoms with Gasteiger partial charge in [0.15, 0.2) is 11.6 Å². The van der Waals surface area contributed by atoms with Crippen LogP contribution in [-0.4, -0.2) is 34.8 Å². The average Bonchev–Trinajstić information content (AvgIpc) is 2.95. The highest BCUT2D eigenvalue weighted by molar-refractivity contribution is 5.68. The highest BCUT2D eigenvalue weighted by Gasteiger charge is 2.23. The van der Waals surface area contributed by atoms with Crippen molar-refractivity contribution in [3.05, 3.63) is 29.6 Å². The second kappa shape index (κ2) is 7.64. The van der Waals surface area contributed by atoms with Crippen molar-refractivity contribution >= 4 is 6.09 Å². The highest BCUT2D eigenvalue weighted by atomic mass is 19.1. The van der Waals surface area contributed by atoms with Gasteiger partial charge in [0.1, 0.15) is 5.60 Å². The fourth-order valence-electron chi connectivity index (χ4n) is 1.80. The van der Waals surface area contributed by atoms with E-state index >= 15 is 0 Å². The van der Waals surface area contributed by atoms with E-state index in [1.165, 1.54) is 6.07 Å². The first-order valence-corrected chi connectivity index (χ1v) is 7.09. The van der Waals surface area contributed by atoms with Gasteiger partial charge in [0, 0.05) is 13.1 Å². The van der Waals surface area contributed by atoms with Gasteiger partial charge in [0.2, 0.25) is 0 Å². The molecule has 1 aliphatic heterocycles. The molecule has 6 heteroatoms. The average molecular weight is 308 g/mol. The fourth-order valence-corrected chi connectivity index (χ4v) is 1.80. The zero-order chi connectivity index (χ0) is 16.8. The number of hydrogen-bond donors (Lipinski definition) is 1. The van der Waals surface area contributed by atoms with Crippen LogP contribution in [0.2, 0.25) is 0 Å². The first kappa shape index (κ1) is 17.8. The lowest BCUT2D eigenvalue weighted by Gasteiger charge is -2.23. The molecular formula is C16H21FN2O3. The molecule has 0 spiro atoms. The Morgan fingerprint density at radius 1 is 1.36 bits per heavy atom. The molecule has 1 saturated heterocycles. The van der Waals surface area contributed by atoms with Crippen LogP contribution in [0.1, 0.15) is 39.2 Å². The molecule has 0 unspecified atom stereocenters. The van der Waals surface area contributed by atoms with E-state index in [0.717, 1.165) is 38.1 Å². The summed E-state index contributed by atoms with van der Waals surface area (Å²) in [4.78, 5) is 13.1. The summed E-state index contributed by atoms with van der Waals surface area (Å²) >= 11 is 0. The van der Waals surface area contributed by atoms with Crippen LogP contribution in [0.15, 0.2) is 18.2 Å². The number of rotatable bonds is 0. The molecule has 0 atom stereocenters. The Balaban J connectivity index is 0.000000224. The number of nitrogens with zero attached hydrogens (tertiary/aromatic N) is 2. The lowest BCUT2D eigenvalue weighted by atomic mass is 10.2. The Bertz CT molecular complexity index is 555. The predicted molar refractivity (Wildman–Crippen MR) is 79.8 cm³/mol. The zero-order valence-electron chi connectivity index (χ0n) is 13.1. The molecule has 22 heavy (non-hydrogen) atoms. The fraction of sp³-hybridized carbons (Fsp3) is 0.500. The summed E-state index contributed by atoms with van der Waals surface area (Å²) in [6, 6.07) is 5.22. The van der Waals surface area contributed by atoms with E-state index in [2.05, 4.69) is 0 Å². The summed E-state index contributed by atoms with van der Waals surface area (Å²) in [5, 5.41) is 16.9. The van der Waals surface area contributed by atoms with Crippen LogP contribution in [0, 0.1) is 17.1 Å². The van der Waals surface area contributed by atoms with Crippen LogP contribution < -0.4 is 0 Å². The Labute approximate surface area is 129 Å².